The molecule has 34 heavy (non-hydrogen) atoms. The van der Waals surface area contributed by atoms with Crippen LogP contribution < -0.4 is 15.7 Å². The largest absolute Gasteiger partial charge is 0.375 e. The van der Waals surface area contributed by atoms with Crippen molar-refractivity contribution in [3.05, 3.63) is 104 Å². The summed E-state index contributed by atoms with van der Waals surface area (Å²) in [6, 6.07) is 22.8. The van der Waals surface area contributed by atoms with Gasteiger partial charge in [-0.25, -0.2) is 0 Å². The van der Waals surface area contributed by atoms with E-state index in [1.807, 2.05) is 0 Å². The molecule has 3 heterocycles. The van der Waals surface area contributed by atoms with Gasteiger partial charge in [-0.2, -0.15) is 0 Å². The lowest BCUT2D eigenvalue weighted by Crippen LogP contribution is -2.61. The molecule has 0 spiro atoms. The van der Waals surface area contributed by atoms with Crippen LogP contribution in [-0.2, 0) is 0 Å². The zero-order valence-electron chi connectivity index (χ0n) is 18.0. The van der Waals surface area contributed by atoms with E-state index in [1.165, 1.54) is 75.8 Å². The summed E-state index contributed by atoms with van der Waals surface area (Å²) < 4.78 is 2.38. The zero-order valence-corrected chi connectivity index (χ0v) is 21.2. The fourth-order valence-corrected chi connectivity index (χ4v) is 8.40. The first kappa shape index (κ1) is 18.5. The van der Waals surface area contributed by atoms with Crippen molar-refractivity contribution in [1.29, 1.82) is 0 Å². The lowest BCUT2D eigenvalue weighted by atomic mass is 9.42. The van der Waals surface area contributed by atoms with Crippen molar-refractivity contribution in [2.75, 3.05) is 4.81 Å². The average Bonchev–Trinajstić information content (AvgIpc) is 2.87. The fourth-order valence-electron chi connectivity index (χ4n) is 7.25. The molecule has 4 aromatic carbocycles. The Hall–Kier alpha value is -2.82. The van der Waals surface area contributed by atoms with Gasteiger partial charge in [0.05, 0.1) is 0 Å². The Bertz CT molecular complexity index is 1590. The summed E-state index contributed by atoms with van der Waals surface area (Å²) in [5, 5.41) is 0. The van der Waals surface area contributed by atoms with Crippen molar-refractivity contribution in [3.63, 3.8) is 0 Å². The van der Waals surface area contributed by atoms with Gasteiger partial charge >= 0.3 is 6.85 Å². The maximum absolute atomic E-state index is 3.97. The third kappa shape index (κ3) is 1.94. The fraction of sp³-hybridized carbons (Fsp3) is 0.0667. The number of anilines is 2. The maximum Gasteiger partial charge on any atom is 0.329 e. The predicted octanol–water partition coefficient (Wildman–Crippen LogP) is 7.23. The Labute approximate surface area is 215 Å². The van der Waals surface area contributed by atoms with Crippen molar-refractivity contribution in [2.24, 2.45) is 5.92 Å². The molecule has 0 saturated heterocycles. The molecule has 4 aromatic rings. The van der Waals surface area contributed by atoms with E-state index in [0.29, 0.717) is 11.8 Å². The van der Waals surface area contributed by atoms with Crippen LogP contribution in [0.4, 0.5) is 11.4 Å². The number of hydrogen-bond acceptors (Lipinski definition) is 1. The molecule has 2 aliphatic carbocycles. The predicted molar refractivity (Wildman–Crippen MR) is 150 cm³/mol. The molecule has 0 saturated carbocycles. The van der Waals surface area contributed by atoms with Gasteiger partial charge in [-0.05, 0) is 56.4 Å². The summed E-state index contributed by atoms with van der Waals surface area (Å²) in [5.74, 6) is 0.719. The van der Waals surface area contributed by atoms with E-state index in [9.17, 15) is 0 Å². The Morgan fingerprint density at radius 3 is 1.68 bits per heavy atom. The molecule has 0 atom stereocenters. The first-order chi connectivity index (χ1) is 16.7. The van der Waals surface area contributed by atoms with Gasteiger partial charge in [0.2, 0.25) is 0 Å². The Morgan fingerprint density at radius 1 is 0.647 bits per heavy atom. The van der Waals surface area contributed by atoms with Gasteiger partial charge in [0.15, 0.2) is 0 Å². The van der Waals surface area contributed by atoms with Crippen molar-refractivity contribution in [2.45, 2.75) is 5.92 Å². The smallest absolute Gasteiger partial charge is 0.329 e. The lowest BCUT2D eigenvalue weighted by Gasteiger charge is -2.52. The molecule has 0 bridgehead atoms. The Balaban J connectivity index is 1.56. The first-order valence-electron chi connectivity index (χ1n) is 11.8. The molecule has 0 fully saturated rings. The second-order valence-electron chi connectivity index (χ2n) is 9.88. The molecule has 0 unspecified atom stereocenters. The molecule has 9 rings (SSSR count). The molecule has 0 radical (unpaired) electrons. The van der Waals surface area contributed by atoms with Gasteiger partial charge in [-0.15, -0.1) is 0 Å². The number of nitrogens with zero attached hydrogens (tertiary/aromatic N) is 1. The van der Waals surface area contributed by atoms with Crippen LogP contribution in [0.15, 0.2) is 81.8 Å². The minimum atomic E-state index is 0.180. The third-order valence-electron chi connectivity index (χ3n) is 8.47. The van der Waals surface area contributed by atoms with Crippen LogP contribution in [0.2, 0.25) is 0 Å². The number of hydrogen-bond donors (Lipinski definition) is 0. The second-order valence-corrected chi connectivity index (χ2v) is 11.6. The van der Waals surface area contributed by atoms with Gasteiger partial charge in [-0.1, -0.05) is 105 Å². The summed E-state index contributed by atoms with van der Waals surface area (Å²) in [6.07, 6.45) is 9.48. The van der Waals surface area contributed by atoms with Crippen LogP contribution >= 0.6 is 31.9 Å². The molecule has 158 valence electrons. The van der Waals surface area contributed by atoms with Crippen LogP contribution in [0, 0.1) is 5.92 Å². The standard InChI is InChI=1S/C30H16BBr2N/c32-24-13-20-16-5-1-3-7-22(16)31-23-8-4-2-6-17(23)21-14-25(33)19-12-10-15-9-11-18(24)27-26(15)28(19)30(21)34(31)29(20)27/h1-15,26H. The van der Waals surface area contributed by atoms with Gasteiger partial charge in [-0.3, -0.25) is 0 Å². The second kappa shape index (κ2) is 6.05. The minimum absolute atomic E-state index is 0.180. The van der Waals surface area contributed by atoms with E-state index in [-0.39, 0.29) is 6.85 Å². The number of benzene rings is 4. The van der Waals surface area contributed by atoms with Crippen molar-refractivity contribution in [1.82, 2.24) is 0 Å². The molecular weight excluding hydrogens is 545 g/mol. The van der Waals surface area contributed by atoms with E-state index < -0.39 is 0 Å². The molecule has 3 aliphatic heterocycles. The van der Waals surface area contributed by atoms with E-state index >= 15 is 0 Å². The number of rotatable bonds is 0. The topological polar surface area (TPSA) is 3.24 Å². The molecule has 1 nitrogen and oxygen atoms in total. The number of halogens is 2. The van der Waals surface area contributed by atoms with Gasteiger partial charge < -0.3 is 4.81 Å². The summed E-state index contributed by atoms with van der Waals surface area (Å²) >= 11 is 7.94. The summed E-state index contributed by atoms with van der Waals surface area (Å²) in [4.78, 5) is 2.69. The minimum Gasteiger partial charge on any atom is -0.375 e. The summed E-state index contributed by atoms with van der Waals surface area (Å²) in [6.45, 7) is 0.180. The van der Waals surface area contributed by atoms with Crippen molar-refractivity contribution >= 4 is 73.2 Å². The third-order valence-corrected chi connectivity index (χ3v) is 9.78. The van der Waals surface area contributed by atoms with Crippen molar-refractivity contribution < 1.29 is 0 Å². The lowest BCUT2D eigenvalue weighted by molar-refractivity contribution is 0.664. The Kier molecular flexibility index (Phi) is 3.29. The first-order valence-corrected chi connectivity index (χ1v) is 13.4. The highest BCUT2D eigenvalue weighted by molar-refractivity contribution is 9.10. The highest BCUT2D eigenvalue weighted by atomic mass is 79.9. The van der Waals surface area contributed by atoms with E-state index in [1.54, 1.807) is 0 Å². The van der Waals surface area contributed by atoms with Crippen LogP contribution in [0.5, 0.6) is 0 Å². The molecule has 0 N–H and O–H groups in total. The summed E-state index contributed by atoms with van der Waals surface area (Å²) in [5.41, 5.74) is 16.7. The van der Waals surface area contributed by atoms with Crippen LogP contribution in [0.3, 0.4) is 0 Å². The van der Waals surface area contributed by atoms with E-state index in [2.05, 4.69) is 122 Å². The molecule has 0 aromatic heterocycles. The number of allylic oxidation sites excluding steroid dienone is 2. The average molecular weight is 561 g/mol. The van der Waals surface area contributed by atoms with Gasteiger partial charge in [0.1, 0.15) is 0 Å². The normalized spacial score (nSPS) is 20.3. The van der Waals surface area contributed by atoms with Crippen LogP contribution in [0.1, 0.15) is 28.2 Å². The monoisotopic (exact) mass is 559 g/mol. The number of fused-ring (bicyclic) bond motifs is 6. The van der Waals surface area contributed by atoms with Gasteiger partial charge in [0, 0.05) is 43.3 Å². The molecule has 4 heteroatoms. The SMILES string of the molecule is Brc1cc2c3c4c1C=CC1C=Cc5c(Br)cc6c(c5C41)N3B(c1ccccc1-2)c1ccccc1-6. The van der Waals surface area contributed by atoms with Crippen LogP contribution in [0.25, 0.3) is 34.4 Å². The maximum atomic E-state index is 3.97. The zero-order chi connectivity index (χ0) is 22.3. The van der Waals surface area contributed by atoms with Crippen molar-refractivity contribution in [3.8, 4) is 22.3 Å². The summed E-state index contributed by atoms with van der Waals surface area (Å²) in [7, 11) is 0. The highest BCUT2D eigenvalue weighted by Crippen LogP contribution is 2.63. The Morgan fingerprint density at radius 2 is 1.15 bits per heavy atom. The molecule has 5 aliphatic rings. The van der Waals surface area contributed by atoms with Crippen LogP contribution in [-0.4, -0.2) is 6.85 Å². The highest BCUT2D eigenvalue weighted by Gasteiger charge is 2.51. The molecule has 0 amide bonds. The van der Waals surface area contributed by atoms with Gasteiger partial charge in [0.25, 0.3) is 0 Å². The van der Waals surface area contributed by atoms with E-state index in [4.69, 9.17) is 0 Å². The van der Waals surface area contributed by atoms with E-state index in [0.717, 1.165) is 0 Å². The molecular formula is C30H16BBr2N. The quantitative estimate of drug-likeness (QED) is 0.205.